The molecule has 3 amide bonds. The van der Waals surface area contributed by atoms with E-state index in [0.717, 1.165) is 0 Å². The van der Waals surface area contributed by atoms with Gasteiger partial charge in [-0.15, -0.1) is 0 Å². The first kappa shape index (κ1) is 23.7. The van der Waals surface area contributed by atoms with Crippen molar-refractivity contribution in [3.63, 3.8) is 0 Å². The molecule has 8 nitrogen and oxygen atoms in total. The lowest BCUT2D eigenvalue weighted by Crippen LogP contribution is -2.54. The predicted molar refractivity (Wildman–Crippen MR) is 123 cm³/mol. The number of nitrogens with zero attached hydrogens (tertiary/aromatic N) is 1. The second-order valence-electron chi connectivity index (χ2n) is 8.50. The van der Waals surface area contributed by atoms with Crippen molar-refractivity contribution in [2.45, 2.75) is 44.4 Å². The van der Waals surface area contributed by atoms with Crippen LogP contribution in [0.25, 0.3) is 0 Å². The number of fused-ring (bicyclic) bond motifs is 2. The number of nitrogens with one attached hydrogen (secondary N) is 2. The Bertz CT molecular complexity index is 1070. The molecule has 2 aromatic rings. The summed E-state index contributed by atoms with van der Waals surface area (Å²) >= 11 is 0. The number of likely N-dealkylation sites (N-methyl/N-ethyl adjacent to an activating group) is 1. The molecule has 2 aliphatic rings. The van der Waals surface area contributed by atoms with Crippen LogP contribution in [-0.4, -0.2) is 61.1 Å². The molecule has 2 aliphatic heterocycles. The fourth-order valence-corrected chi connectivity index (χ4v) is 4.39. The van der Waals surface area contributed by atoms with E-state index < -0.39 is 11.7 Å². The van der Waals surface area contributed by atoms with Crippen molar-refractivity contribution in [1.82, 2.24) is 10.2 Å². The number of hydrogen-bond donors (Lipinski definition) is 2. The third-order valence-corrected chi connectivity index (χ3v) is 6.16. The van der Waals surface area contributed by atoms with Gasteiger partial charge < -0.3 is 25.0 Å². The molecule has 0 unspecified atom stereocenters. The highest BCUT2D eigenvalue weighted by atomic mass is 19.1. The summed E-state index contributed by atoms with van der Waals surface area (Å²) in [6, 6.07) is 9.88. The zero-order chi connectivity index (χ0) is 24.2. The van der Waals surface area contributed by atoms with Crippen molar-refractivity contribution in [2.24, 2.45) is 0 Å². The molecule has 0 spiro atoms. The summed E-state index contributed by atoms with van der Waals surface area (Å²) in [7, 11) is 1.73. The number of hydrogen-bond acceptors (Lipinski definition) is 5. The molecule has 1 fully saturated rings. The Hall–Kier alpha value is -3.46. The fraction of sp³-hybridized carbons (Fsp3) is 0.400. The summed E-state index contributed by atoms with van der Waals surface area (Å²) in [6.45, 7) is 2.68. The molecule has 2 heterocycles. The predicted octanol–water partition coefficient (Wildman–Crippen LogP) is 2.98. The second kappa shape index (κ2) is 10.2. The third-order valence-electron chi connectivity index (χ3n) is 6.16. The van der Waals surface area contributed by atoms with E-state index >= 15 is 0 Å². The highest BCUT2D eigenvalue weighted by Crippen LogP contribution is 2.32. The lowest BCUT2D eigenvalue weighted by atomic mass is 9.94. The van der Waals surface area contributed by atoms with Gasteiger partial charge in [-0.1, -0.05) is 0 Å². The van der Waals surface area contributed by atoms with Crippen molar-refractivity contribution in [1.29, 1.82) is 0 Å². The van der Waals surface area contributed by atoms with Gasteiger partial charge in [-0.05, 0) is 62.2 Å². The largest absolute Gasteiger partial charge is 0.490 e. The Kier molecular flexibility index (Phi) is 7.12. The van der Waals surface area contributed by atoms with Crippen molar-refractivity contribution < 1.29 is 28.2 Å². The Balaban J connectivity index is 1.49. The lowest BCUT2D eigenvalue weighted by Gasteiger charge is -2.42. The normalized spacial score (nSPS) is 21.9. The maximum Gasteiger partial charge on any atom is 0.257 e. The van der Waals surface area contributed by atoms with Gasteiger partial charge in [0, 0.05) is 24.8 Å². The van der Waals surface area contributed by atoms with Crippen molar-refractivity contribution in [2.75, 3.05) is 25.5 Å². The minimum atomic E-state index is -0.427. The van der Waals surface area contributed by atoms with Gasteiger partial charge in [-0.2, -0.15) is 0 Å². The molecule has 34 heavy (non-hydrogen) atoms. The zero-order valence-corrected chi connectivity index (χ0v) is 19.2. The van der Waals surface area contributed by atoms with E-state index in [4.69, 9.17) is 9.47 Å². The number of ether oxygens (including phenoxy) is 2. The van der Waals surface area contributed by atoms with Crippen LogP contribution in [0.15, 0.2) is 42.5 Å². The van der Waals surface area contributed by atoms with Gasteiger partial charge in [0.05, 0.1) is 24.1 Å². The maximum atomic E-state index is 13.3. The van der Waals surface area contributed by atoms with Crippen LogP contribution in [0.5, 0.6) is 5.75 Å². The molecule has 4 rings (SSSR count). The van der Waals surface area contributed by atoms with Crippen molar-refractivity contribution in [3.05, 3.63) is 59.4 Å². The number of carbonyl (C=O) groups is 3. The minimum Gasteiger partial charge on any atom is -0.490 e. The van der Waals surface area contributed by atoms with E-state index in [2.05, 4.69) is 10.6 Å². The highest BCUT2D eigenvalue weighted by Gasteiger charge is 2.39. The van der Waals surface area contributed by atoms with Crippen LogP contribution in [0.1, 0.15) is 46.9 Å². The van der Waals surface area contributed by atoms with Crippen molar-refractivity contribution >= 4 is 23.4 Å². The van der Waals surface area contributed by atoms with E-state index in [1.807, 2.05) is 6.92 Å². The molecule has 0 saturated carbocycles. The van der Waals surface area contributed by atoms with Gasteiger partial charge >= 0.3 is 0 Å². The van der Waals surface area contributed by atoms with E-state index in [1.54, 1.807) is 30.1 Å². The zero-order valence-electron chi connectivity index (χ0n) is 19.2. The van der Waals surface area contributed by atoms with Crippen LogP contribution < -0.4 is 15.4 Å². The molecular formula is C25H28FN3O5. The van der Waals surface area contributed by atoms with Gasteiger partial charge in [-0.3, -0.25) is 14.4 Å². The number of amides is 3. The molecule has 2 N–H and O–H groups in total. The molecule has 3 atom stereocenters. The summed E-state index contributed by atoms with van der Waals surface area (Å²) in [4.78, 5) is 39.4. The summed E-state index contributed by atoms with van der Waals surface area (Å²) in [6.07, 6.45) is 1.06. The van der Waals surface area contributed by atoms with E-state index in [1.165, 1.54) is 24.3 Å². The number of carbonyl (C=O) groups excluding carboxylic acids is 3. The SMILES string of the molecule is CCNC(=O)C[C@@H]1CC[C@@H]2[C@@H](COc3ccc(NC(=O)c4ccc(F)cc4)cc3C(=O)N2C)O1. The first-order valence-electron chi connectivity index (χ1n) is 11.4. The average Bonchev–Trinajstić information content (AvgIpc) is 2.82. The van der Waals surface area contributed by atoms with Gasteiger partial charge in [0.1, 0.15) is 24.3 Å². The van der Waals surface area contributed by atoms with Crippen LogP contribution in [0.2, 0.25) is 0 Å². The van der Waals surface area contributed by atoms with Crippen LogP contribution in [0.4, 0.5) is 10.1 Å². The van der Waals surface area contributed by atoms with Gasteiger partial charge in [0.25, 0.3) is 11.8 Å². The van der Waals surface area contributed by atoms with E-state index in [0.29, 0.717) is 42.0 Å². The monoisotopic (exact) mass is 469 g/mol. The van der Waals surface area contributed by atoms with Crippen LogP contribution in [-0.2, 0) is 9.53 Å². The number of rotatable bonds is 5. The molecule has 2 aromatic carbocycles. The number of anilines is 1. The minimum absolute atomic E-state index is 0.0531. The van der Waals surface area contributed by atoms with Gasteiger partial charge in [-0.25, -0.2) is 4.39 Å². The molecule has 9 heteroatoms. The maximum absolute atomic E-state index is 13.3. The molecule has 180 valence electrons. The van der Waals surface area contributed by atoms with Gasteiger partial charge in [0.15, 0.2) is 0 Å². The first-order valence-corrected chi connectivity index (χ1v) is 11.4. The summed E-state index contributed by atoms with van der Waals surface area (Å²) in [5.74, 6) is -0.740. The summed E-state index contributed by atoms with van der Waals surface area (Å²) < 4.78 is 25.2. The first-order chi connectivity index (χ1) is 16.4. The molecule has 0 radical (unpaired) electrons. The molecule has 0 aliphatic carbocycles. The van der Waals surface area contributed by atoms with Crippen LogP contribution >= 0.6 is 0 Å². The standard InChI is InChI=1S/C25H28FN3O5/c1-3-27-23(30)13-18-9-10-20-22(34-18)14-33-21-11-8-17(12-19(21)25(32)29(20)2)28-24(31)15-4-6-16(26)7-5-15/h4-8,11-12,18,20,22H,3,9-10,13-14H2,1-2H3,(H,27,30)(H,28,31)/t18-,20+,22+/m0/s1. The molecule has 1 saturated heterocycles. The highest BCUT2D eigenvalue weighted by molar-refractivity contribution is 6.05. The van der Waals surface area contributed by atoms with Crippen LogP contribution in [0.3, 0.4) is 0 Å². The number of halogens is 1. The fourth-order valence-electron chi connectivity index (χ4n) is 4.39. The van der Waals surface area contributed by atoms with Crippen molar-refractivity contribution in [3.8, 4) is 5.75 Å². The van der Waals surface area contributed by atoms with Crippen LogP contribution in [0, 0.1) is 5.82 Å². The third kappa shape index (κ3) is 5.20. The van der Waals surface area contributed by atoms with E-state index in [9.17, 15) is 18.8 Å². The van der Waals surface area contributed by atoms with E-state index in [-0.39, 0.29) is 43.1 Å². The Morgan fingerprint density at radius 2 is 1.91 bits per heavy atom. The van der Waals surface area contributed by atoms with Gasteiger partial charge in [0.2, 0.25) is 5.91 Å². The summed E-state index contributed by atoms with van der Waals surface area (Å²) in [5.41, 5.74) is 1.07. The Morgan fingerprint density at radius 1 is 1.15 bits per heavy atom. The lowest BCUT2D eigenvalue weighted by molar-refractivity contribution is -0.133. The molecular weight excluding hydrogens is 441 g/mol. The molecule has 0 aromatic heterocycles. The quantitative estimate of drug-likeness (QED) is 0.702. The number of benzene rings is 2. The topological polar surface area (TPSA) is 97.0 Å². The molecule has 0 bridgehead atoms. The Morgan fingerprint density at radius 3 is 2.65 bits per heavy atom. The Labute approximate surface area is 197 Å². The summed E-state index contributed by atoms with van der Waals surface area (Å²) in [5, 5.41) is 5.53. The second-order valence-corrected chi connectivity index (χ2v) is 8.50. The smallest absolute Gasteiger partial charge is 0.257 e. The average molecular weight is 470 g/mol.